The normalized spacial score (nSPS) is 23.4. The number of hydrazine groups is 1. The number of nitrogens with one attached hydrogen (secondary N) is 1. The number of nitrogens with zero attached hydrogens (tertiary/aromatic N) is 3. The number of carbonyl (C=O) groups excluding carboxylic acids is 1. The monoisotopic (exact) mass is 355 g/mol. The molecule has 1 amide bonds. The van der Waals surface area contributed by atoms with Crippen molar-refractivity contribution in [2.45, 2.75) is 24.8 Å². The number of nitroso groups, excluding NO2 is 1. The van der Waals surface area contributed by atoms with E-state index < -0.39 is 11.7 Å². The summed E-state index contributed by atoms with van der Waals surface area (Å²) in [5.74, 6) is -0.354. The molecule has 2 heterocycles. The summed E-state index contributed by atoms with van der Waals surface area (Å²) >= 11 is 0. The van der Waals surface area contributed by atoms with Gasteiger partial charge in [0, 0.05) is 12.2 Å². The summed E-state index contributed by atoms with van der Waals surface area (Å²) in [5, 5.41) is 4.34. The van der Waals surface area contributed by atoms with Gasteiger partial charge in [0.1, 0.15) is 11.4 Å². The first kappa shape index (κ1) is 17.2. The second-order valence-corrected chi connectivity index (χ2v) is 6.07. The van der Waals surface area contributed by atoms with Gasteiger partial charge in [-0.05, 0) is 30.3 Å². The molecule has 134 valence electrons. The fourth-order valence-corrected chi connectivity index (χ4v) is 3.29. The van der Waals surface area contributed by atoms with E-state index in [1.807, 2.05) is 4.90 Å². The molecule has 0 aromatic heterocycles. The molecule has 2 fully saturated rings. The third-order valence-corrected chi connectivity index (χ3v) is 4.45. The van der Waals surface area contributed by atoms with Crippen LogP contribution in [-0.4, -0.2) is 47.6 Å². The molecule has 0 radical (unpaired) electrons. The van der Waals surface area contributed by atoms with E-state index in [0.29, 0.717) is 31.7 Å². The minimum atomic E-state index is -4.40. The van der Waals surface area contributed by atoms with Crippen LogP contribution < -0.4 is 10.2 Å². The number of hydrogen-bond acceptors (Lipinski definition) is 3. The predicted octanol–water partition coefficient (Wildman–Crippen LogP) is 1.92. The molecule has 1 aromatic rings. The minimum absolute atomic E-state index is 0.230. The number of benzene rings is 1. The molecule has 0 aliphatic carbocycles. The second kappa shape index (κ2) is 6.38. The highest BCUT2D eigenvalue weighted by Gasteiger charge is 2.47. The Balaban J connectivity index is 1.85. The van der Waals surface area contributed by atoms with Gasteiger partial charge in [0.05, 0.1) is 22.9 Å². The first-order valence-corrected chi connectivity index (χ1v) is 7.87. The van der Waals surface area contributed by atoms with Crippen molar-refractivity contribution in [2.24, 2.45) is 0 Å². The summed E-state index contributed by atoms with van der Waals surface area (Å²) in [5.41, 5.74) is -0.144. The van der Waals surface area contributed by atoms with Gasteiger partial charge in [-0.25, -0.2) is 0 Å². The standard InChI is InChI=1S/C16H17F3N4O2/c1-2-14(24)20-12-9-21(15-7-8-23(25)22(15)10-12)13-5-3-11(4-6-13)16(17,18)19/h2-6,12,15H,1,7-10H2/p+1. The first-order chi connectivity index (χ1) is 11.8. The summed E-state index contributed by atoms with van der Waals surface area (Å²) in [4.78, 5) is 26.3. The summed E-state index contributed by atoms with van der Waals surface area (Å²) in [6, 6.07) is 4.50. The Hall–Kier alpha value is -2.58. The molecule has 0 saturated carbocycles. The lowest BCUT2D eigenvalue weighted by molar-refractivity contribution is -0.691. The number of rotatable bonds is 3. The Morgan fingerprint density at radius 2 is 1.96 bits per heavy atom. The Morgan fingerprint density at radius 3 is 2.56 bits per heavy atom. The number of fused-ring (bicyclic) bond motifs is 1. The zero-order valence-electron chi connectivity index (χ0n) is 13.4. The summed E-state index contributed by atoms with van der Waals surface area (Å²) in [6.45, 7) is 4.46. The van der Waals surface area contributed by atoms with Gasteiger partial charge >= 0.3 is 6.18 Å². The molecule has 9 heteroatoms. The van der Waals surface area contributed by atoms with E-state index in [1.165, 1.54) is 12.1 Å². The van der Waals surface area contributed by atoms with Crippen LogP contribution in [0.15, 0.2) is 36.9 Å². The van der Waals surface area contributed by atoms with Crippen LogP contribution in [0.25, 0.3) is 0 Å². The highest BCUT2D eigenvalue weighted by molar-refractivity contribution is 5.87. The highest BCUT2D eigenvalue weighted by Crippen LogP contribution is 2.33. The van der Waals surface area contributed by atoms with Gasteiger partial charge < -0.3 is 10.2 Å². The van der Waals surface area contributed by atoms with E-state index in [4.69, 9.17) is 0 Å². The lowest BCUT2D eigenvalue weighted by Crippen LogP contribution is -2.62. The number of carbonyl (C=O) groups is 1. The van der Waals surface area contributed by atoms with Crippen LogP contribution in [0.1, 0.15) is 12.0 Å². The Morgan fingerprint density at radius 1 is 1.28 bits per heavy atom. The summed E-state index contributed by atoms with van der Waals surface area (Å²) in [6.07, 6.45) is -2.90. The molecule has 1 N–H and O–H groups in total. The molecule has 0 bridgehead atoms. The molecule has 25 heavy (non-hydrogen) atoms. The highest BCUT2D eigenvalue weighted by atomic mass is 19.4. The van der Waals surface area contributed by atoms with E-state index in [9.17, 15) is 22.9 Å². The van der Waals surface area contributed by atoms with E-state index in [2.05, 4.69) is 11.9 Å². The number of anilines is 1. The van der Waals surface area contributed by atoms with E-state index in [0.717, 1.165) is 23.1 Å². The van der Waals surface area contributed by atoms with Crippen LogP contribution in [-0.2, 0) is 11.0 Å². The SMILES string of the molecule is C=CC(=O)NC1CN(c2ccc(C(F)(F)F)cc2)C2CC[N+](=O)N2C1. The van der Waals surface area contributed by atoms with Crippen molar-refractivity contribution in [3.63, 3.8) is 0 Å². The maximum Gasteiger partial charge on any atom is 0.416 e. The molecule has 0 spiro atoms. The molecular formula is C16H18F3N4O2+. The Bertz CT molecular complexity index is 690. The largest absolute Gasteiger partial charge is 0.416 e. The Kier molecular flexibility index (Phi) is 4.40. The quantitative estimate of drug-likeness (QED) is 0.665. The van der Waals surface area contributed by atoms with Crippen molar-refractivity contribution in [3.8, 4) is 0 Å². The van der Waals surface area contributed by atoms with Gasteiger partial charge in [-0.1, -0.05) is 6.58 Å². The minimum Gasteiger partial charge on any atom is -0.346 e. The van der Waals surface area contributed by atoms with Crippen LogP contribution in [0.2, 0.25) is 0 Å². The summed E-state index contributed by atoms with van der Waals surface area (Å²) in [7, 11) is 0. The average Bonchev–Trinajstić information content (AvgIpc) is 2.95. The zero-order chi connectivity index (χ0) is 18.2. The zero-order valence-corrected chi connectivity index (χ0v) is 13.4. The lowest BCUT2D eigenvalue weighted by atomic mass is 10.1. The fraction of sp³-hybridized carbons (Fsp3) is 0.438. The van der Waals surface area contributed by atoms with E-state index in [-0.39, 0.29) is 18.1 Å². The van der Waals surface area contributed by atoms with E-state index >= 15 is 0 Å². The van der Waals surface area contributed by atoms with Crippen LogP contribution in [0.3, 0.4) is 0 Å². The van der Waals surface area contributed by atoms with Crippen molar-refractivity contribution < 1.29 is 22.8 Å². The van der Waals surface area contributed by atoms with Crippen molar-refractivity contribution >= 4 is 11.6 Å². The van der Waals surface area contributed by atoms with Gasteiger partial charge in [0.15, 0.2) is 6.17 Å². The molecule has 2 atom stereocenters. The molecule has 1 aromatic carbocycles. The maximum atomic E-state index is 12.7. The van der Waals surface area contributed by atoms with Crippen LogP contribution in [0.4, 0.5) is 18.9 Å². The van der Waals surface area contributed by atoms with Crippen molar-refractivity contribution in [1.82, 2.24) is 10.3 Å². The molecule has 2 unspecified atom stereocenters. The predicted molar refractivity (Wildman–Crippen MR) is 84.5 cm³/mol. The Labute approximate surface area is 142 Å². The van der Waals surface area contributed by atoms with Crippen molar-refractivity contribution in [1.29, 1.82) is 0 Å². The fourth-order valence-electron chi connectivity index (χ4n) is 3.29. The van der Waals surface area contributed by atoms with Gasteiger partial charge in [-0.3, -0.25) is 4.79 Å². The van der Waals surface area contributed by atoms with E-state index in [1.54, 1.807) is 5.01 Å². The van der Waals surface area contributed by atoms with Crippen LogP contribution in [0, 0.1) is 4.91 Å². The smallest absolute Gasteiger partial charge is 0.346 e. The molecule has 2 saturated heterocycles. The number of alkyl halides is 3. The second-order valence-electron chi connectivity index (χ2n) is 6.07. The molecule has 2 aliphatic rings. The molecular weight excluding hydrogens is 337 g/mol. The number of amides is 1. The first-order valence-electron chi connectivity index (χ1n) is 7.87. The van der Waals surface area contributed by atoms with Gasteiger partial charge in [0.25, 0.3) is 0 Å². The van der Waals surface area contributed by atoms with Crippen molar-refractivity contribution in [2.75, 3.05) is 24.5 Å². The molecule has 3 rings (SSSR count). The number of halogens is 3. The third-order valence-electron chi connectivity index (χ3n) is 4.45. The topological polar surface area (TPSA) is 55.7 Å². The lowest BCUT2D eigenvalue weighted by Gasteiger charge is -2.40. The van der Waals surface area contributed by atoms with Crippen molar-refractivity contribution in [3.05, 3.63) is 47.4 Å². The summed E-state index contributed by atoms with van der Waals surface area (Å²) < 4.78 is 38.2. The van der Waals surface area contributed by atoms with Gasteiger partial charge in [0.2, 0.25) is 12.5 Å². The third kappa shape index (κ3) is 3.45. The van der Waals surface area contributed by atoms with Crippen LogP contribution in [0.5, 0.6) is 0 Å². The number of hydrogen-bond donors (Lipinski definition) is 1. The average molecular weight is 355 g/mol. The van der Waals surface area contributed by atoms with Gasteiger partial charge in [-0.15, -0.1) is 5.01 Å². The maximum absolute atomic E-state index is 12.7. The molecule has 6 nitrogen and oxygen atoms in total. The molecule has 2 aliphatic heterocycles. The van der Waals surface area contributed by atoms with Crippen LogP contribution >= 0.6 is 0 Å². The van der Waals surface area contributed by atoms with Gasteiger partial charge in [-0.2, -0.15) is 13.2 Å².